The molecule has 5 heteroatoms. The molecule has 0 saturated heterocycles. The third kappa shape index (κ3) is 5.25. The van der Waals surface area contributed by atoms with Gasteiger partial charge < -0.3 is 14.9 Å². The first-order valence-corrected chi connectivity index (χ1v) is 10.8. The van der Waals surface area contributed by atoms with Crippen LogP contribution < -0.4 is 14.9 Å². The summed E-state index contributed by atoms with van der Waals surface area (Å²) in [6.07, 6.45) is 1.83. The Hall–Kier alpha value is -3.31. The van der Waals surface area contributed by atoms with Crippen LogP contribution in [0.5, 0.6) is 11.5 Å². The molecule has 0 atom stereocenters. The van der Waals surface area contributed by atoms with Gasteiger partial charge in [-0.05, 0) is 40.6 Å². The van der Waals surface area contributed by atoms with E-state index in [1.54, 1.807) is 7.11 Å². The number of benzene rings is 4. The number of para-hydroxylation sites is 1. The van der Waals surface area contributed by atoms with E-state index in [0.29, 0.717) is 13.2 Å². The molecule has 0 aliphatic heterocycles. The summed E-state index contributed by atoms with van der Waals surface area (Å²) in [4.78, 5) is 0. The molecule has 0 fully saturated rings. The summed E-state index contributed by atoms with van der Waals surface area (Å²) in [6.45, 7) is 1.06. The van der Waals surface area contributed by atoms with E-state index in [1.807, 2.05) is 72.9 Å². The average Bonchev–Trinajstić information content (AvgIpc) is 2.82. The minimum Gasteiger partial charge on any atom is -0.496 e. The molecule has 4 nitrogen and oxygen atoms in total. The van der Waals surface area contributed by atoms with Gasteiger partial charge >= 0.3 is 0 Å². The lowest BCUT2D eigenvalue weighted by Crippen LogP contribution is -2.07. The lowest BCUT2D eigenvalue weighted by molar-refractivity contribution is 0.306. The van der Waals surface area contributed by atoms with E-state index in [-0.39, 0.29) is 0 Å². The second-order valence-electron chi connectivity index (χ2n) is 7.02. The first-order valence-electron chi connectivity index (χ1n) is 10.0. The van der Waals surface area contributed by atoms with Gasteiger partial charge in [-0.1, -0.05) is 76.6 Å². The number of hydrogen-bond acceptors (Lipinski definition) is 4. The number of rotatable bonds is 8. The Morgan fingerprint density at radius 2 is 1.65 bits per heavy atom. The fraction of sp³-hybridized carbons (Fsp3) is 0.115. The fourth-order valence-electron chi connectivity index (χ4n) is 3.37. The highest BCUT2D eigenvalue weighted by molar-refractivity contribution is 9.10. The third-order valence-corrected chi connectivity index (χ3v) is 5.51. The number of hydrogen-bond donors (Lipinski definition) is 1. The van der Waals surface area contributed by atoms with Gasteiger partial charge in [-0.15, -0.1) is 0 Å². The number of methoxy groups -OCH3 is 1. The smallest absolute Gasteiger partial charge is 0.129 e. The van der Waals surface area contributed by atoms with Crippen LogP contribution in [0, 0.1) is 0 Å². The van der Waals surface area contributed by atoms with Crippen molar-refractivity contribution in [3.05, 3.63) is 106 Å². The van der Waals surface area contributed by atoms with Crippen LogP contribution in [0.2, 0.25) is 0 Å². The SMILES string of the molecule is COc1ccccc1CN/N=C/c1c(OCc2ccc(Br)cc2)ccc2ccccc12. The molecule has 0 amide bonds. The highest BCUT2D eigenvalue weighted by Crippen LogP contribution is 2.27. The van der Waals surface area contributed by atoms with Crippen molar-refractivity contribution in [2.24, 2.45) is 5.10 Å². The Bertz CT molecular complexity index is 1190. The summed E-state index contributed by atoms with van der Waals surface area (Å²) in [5.74, 6) is 1.64. The number of fused-ring (bicyclic) bond motifs is 1. The second kappa shape index (κ2) is 10.1. The molecular weight excluding hydrogens is 452 g/mol. The van der Waals surface area contributed by atoms with Gasteiger partial charge in [-0.2, -0.15) is 5.10 Å². The molecule has 0 aromatic heterocycles. The first kappa shape index (κ1) is 20.9. The quantitative estimate of drug-likeness (QED) is 0.240. The molecule has 0 heterocycles. The molecule has 4 aromatic carbocycles. The summed E-state index contributed by atoms with van der Waals surface area (Å²) in [7, 11) is 1.67. The molecule has 31 heavy (non-hydrogen) atoms. The van der Waals surface area contributed by atoms with Crippen LogP contribution in [0.15, 0.2) is 94.5 Å². The summed E-state index contributed by atoms with van der Waals surface area (Å²) in [5, 5.41) is 6.71. The van der Waals surface area contributed by atoms with E-state index < -0.39 is 0 Å². The van der Waals surface area contributed by atoms with Gasteiger partial charge in [0.25, 0.3) is 0 Å². The Kier molecular flexibility index (Phi) is 6.85. The molecule has 0 aliphatic carbocycles. The zero-order valence-corrected chi connectivity index (χ0v) is 18.8. The van der Waals surface area contributed by atoms with Crippen LogP contribution in [-0.4, -0.2) is 13.3 Å². The Morgan fingerprint density at radius 3 is 2.48 bits per heavy atom. The number of ether oxygens (including phenoxy) is 2. The van der Waals surface area contributed by atoms with Gasteiger partial charge in [0.05, 0.1) is 19.9 Å². The molecule has 0 aliphatic rings. The minimum absolute atomic E-state index is 0.487. The van der Waals surface area contributed by atoms with Crippen molar-refractivity contribution in [1.82, 2.24) is 5.43 Å². The van der Waals surface area contributed by atoms with Gasteiger partial charge in [0.15, 0.2) is 0 Å². The van der Waals surface area contributed by atoms with Crippen LogP contribution in [0.3, 0.4) is 0 Å². The largest absolute Gasteiger partial charge is 0.496 e. The highest BCUT2D eigenvalue weighted by atomic mass is 79.9. The van der Waals surface area contributed by atoms with E-state index in [4.69, 9.17) is 9.47 Å². The zero-order valence-electron chi connectivity index (χ0n) is 17.2. The molecule has 0 saturated carbocycles. The lowest BCUT2D eigenvalue weighted by Gasteiger charge is -2.12. The van der Waals surface area contributed by atoms with E-state index >= 15 is 0 Å². The molecule has 4 rings (SSSR count). The Balaban J connectivity index is 1.54. The van der Waals surface area contributed by atoms with E-state index in [9.17, 15) is 0 Å². The fourth-order valence-corrected chi connectivity index (χ4v) is 3.63. The maximum absolute atomic E-state index is 6.17. The van der Waals surface area contributed by atoms with Crippen molar-refractivity contribution >= 4 is 32.9 Å². The van der Waals surface area contributed by atoms with Crippen LogP contribution in [0.25, 0.3) is 10.8 Å². The van der Waals surface area contributed by atoms with Crippen molar-refractivity contribution in [1.29, 1.82) is 0 Å². The van der Waals surface area contributed by atoms with E-state index in [0.717, 1.165) is 43.4 Å². The first-order chi connectivity index (χ1) is 15.2. The zero-order chi connectivity index (χ0) is 21.5. The maximum atomic E-state index is 6.17. The number of nitrogens with one attached hydrogen (secondary N) is 1. The van der Waals surface area contributed by atoms with Crippen molar-refractivity contribution < 1.29 is 9.47 Å². The molecule has 0 spiro atoms. The lowest BCUT2D eigenvalue weighted by atomic mass is 10.0. The van der Waals surface area contributed by atoms with Crippen molar-refractivity contribution in [3.63, 3.8) is 0 Å². The van der Waals surface area contributed by atoms with Gasteiger partial charge in [-0.3, -0.25) is 0 Å². The summed E-state index contributed by atoms with van der Waals surface area (Å²) >= 11 is 3.47. The van der Waals surface area contributed by atoms with Crippen LogP contribution >= 0.6 is 15.9 Å². The molecular formula is C26H23BrN2O2. The monoisotopic (exact) mass is 474 g/mol. The molecule has 156 valence electrons. The molecule has 0 unspecified atom stereocenters. The Morgan fingerprint density at radius 1 is 0.871 bits per heavy atom. The number of nitrogens with zero attached hydrogens (tertiary/aromatic N) is 1. The van der Waals surface area contributed by atoms with Crippen LogP contribution in [-0.2, 0) is 13.2 Å². The molecule has 4 aromatic rings. The maximum Gasteiger partial charge on any atom is 0.129 e. The Labute approximate surface area is 190 Å². The van der Waals surface area contributed by atoms with Gasteiger partial charge in [0.1, 0.15) is 18.1 Å². The van der Waals surface area contributed by atoms with E-state index in [1.165, 1.54) is 0 Å². The van der Waals surface area contributed by atoms with Gasteiger partial charge in [0.2, 0.25) is 0 Å². The standard InChI is InChI=1S/C26H23BrN2O2/c1-30-25-9-5-3-7-21(25)16-28-29-17-24-23-8-4-2-6-20(23)12-15-26(24)31-18-19-10-13-22(27)14-11-19/h2-15,17,28H,16,18H2,1H3/b29-17+. The summed E-state index contributed by atoms with van der Waals surface area (Å²) in [6, 6.07) is 28.4. The number of halogens is 1. The van der Waals surface area contributed by atoms with Crippen molar-refractivity contribution in [3.8, 4) is 11.5 Å². The predicted molar refractivity (Wildman–Crippen MR) is 130 cm³/mol. The minimum atomic E-state index is 0.487. The van der Waals surface area contributed by atoms with Crippen LogP contribution in [0.4, 0.5) is 0 Å². The van der Waals surface area contributed by atoms with Gasteiger partial charge in [-0.25, -0.2) is 0 Å². The van der Waals surface area contributed by atoms with E-state index in [2.05, 4.69) is 44.7 Å². The third-order valence-electron chi connectivity index (χ3n) is 4.99. The average molecular weight is 475 g/mol. The summed E-state index contributed by atoms with van der Waals surface area (Å²) in [5.41, 5.74) is 6.23. The normalized spacial score (nSPS) is 11.0. The summed E-state index contributed by atoms with van der Waals surface area (Å²) < 4.78 is 12.6. The van der Waals surface area contributed by atoms with Crippen molar-refractivity contribution in [2.45, 2.75) is 13.2 Å². The predicted octanol–water partition coefficient (Wildman–Crippen LogP) is 6.31. The topological polar surface area (TPSA) is 42.8 Å². The number of hydrazone groups is 1. The molecule has 0 bridgehead atoms. The highest BCUT2D eigenvalue weighted by Gasteiger charge is 2.08. The second-order valence-corrected chi connectivity index (χ2v) is 7.93. The van der Waals surface area contributed by atoms with Crippen molar-refractivity contribution in [2.75, 3.05) is 7.11 Å². The van der Waals surface area contributed by atoms with Crippen LogP contribution in [0.1, 0.15) is 16.7 Å². The molecule has 0 radical (unpaired) electrons. The molecule has 1 N–H and O–H groups in total. The van der Waals surface area contributed by atoms with Gasteiger partial charge in [0, 0.05) is 15.6 Å².